The molecule has 0 aliphatic rings. The molecule has 20 heavy (non-hydrogen) atoms. The van der Waals surface area contributed by atoms with E-state index in [4.69, 9.17) is 23.2 Å². The molecular weight excluding hydrogens is 300 g/mol. The van der Waals surface area contributed by atoms with Gasteiger partial charge in [-0.15, -0.1) is 0 Å². The summed E-state index contributed by atoms with van der Waals surface area (Å²) in [6, 6.07) is 4.41. The maximum atomic E-state index is 13.1. The summed E-state index contributed by atoms with van der Waals surface area (Å²) < 4.78 is 14.8. The second-order valence-corrected chi connectivity index (χ2v) is 5.37. The summed E-state index contributed by atoms with van der Waals surface area (Å²) in [5.41, 5.74) is 1.77. The molecule has 1 unspecified atom stereocenters. The minimum absolute atomic E-state index is 0.0250. The number of hydrogen-bond acceptors (Lipinski definition) is 2. The van der Waals surface area contributed by atoms with Gasteiger partial charge in [-0.25, -0.2) is 4.39 Å². The molecule has 0 radical (unpaired) electrons. The molecule has 1 N–H and O–H groups in total. The maximum absolute atomic E-state index is 13.1. The van der Waals surface area contributed by atoms with E-state index >= 15 is 0 Å². The van der Waals surface area contributed by atoms with Crippen LogP contribution in [0.2, 0.25) is 10.0 Å². The predicted octanol–water partition coefficient (Wildman–Crippen LogP) is 3.76. The molecule has 1 heterocycles. The third kappa shape index (κ3) is 3.32. The van der Waals surface area contributed by atoms with Gasteiger partial charge in [0.1, 0.15) is 5.82 Å². The first-order valence-electron chi connectivity index (χ1n) is 6.37. The van der Waals surface area contributed by atoms with Gasteiger partial charge in [-0.1, -0.05) is 36.2 Å². The third-order valence-electron chi connectivity index (χ3n) is 3.16. The number of hydrogen-bond donors (Lipinski definition) is 1. The molecule has 1 atom stereocenters. The molecule has 0 spiro atoms. The highest BCUT2D eigenvalue weighted by Crippen LogP contribution is 2.28. The number of aryl methyl sites for hydroxylation is 1. The molecule has 0 amide bonds. The Morgan fingerprint density at radius 2 is 2.10 bits per heavy atom. The lowest BCUT2D eigenvalue weighted by Gasteiger charge is -2.19. The molecule has 0 aliphatic carbocycles. The highest BCUT2D eigenvalue weighted by molar-refractivity contribution is 6.31. The van der Waals surface area contributed by atoms with E-state index in [9.17, 15) is 4.39 Å². The molecule has 0 saturated heterocycles. The quantitative estimate of drug-likeness (QED) is 0.910. The number of benzene rings is 1. The molecule has 0 bridgehead atoms. The van der Waals surface area contributed by atoms with Gasteiger partial charge in [0.05, 0.1) is 23.0 Å². The first kappa shape index (κ1) is 15.3. The average Bonchev–Trinajstić information content (AvgIpc) is 2.72. The molecule has 3 nitrogen and oxygen atoms in total. The number of likely N-dealkylation sites (N-methyl/N-ethyl adjacent to an activating group) is 1. The van der Waals surface area contributed by atoms with E-state index in [2.05, 4.69) is 10.4 Å². The zero-order chi connectivity index (χ0) is 14.7. The summed E-state index contributed by atoms with van der Waals surface area (Å²) in [6.07, 6.45) is 2.24. The second kappa shape index (κ2) is 6.57. The van der Waals surface area contributed by atoms with Crippen molar-refractivity contribution in [1.82, 2.24) is 15.1 Å². The van der Waals surface area contributed by atoms with Crippen LogP contribution in [0, 0.1) is 5.82 Å². The topological polar surface area (TPSA) is 29.9 Å². The second-order valence-electron chi connectivity index (χ2n) is 4.55. The monoisotopic (exact) mass is 315 g/mol. The van der Waals surface area contributed by atoms with Gasteiger partial charge in [0, 0.05) is 12.1 Å². The fourth-order valence-electron chi connectivity index (χ4n) is 2.23. The maximum Gasteiger partial charge on any atom is 0.124 e. The van der Waals surface area contributed by atoms with Crippen molar-refractivity contribution in [2.75, 3.05) is 6.54 Å². The van der Waals surface area contributed by atoms with E-state index in [1.807, 2.05) is 14.0 Å². The fourth-order valence-corrected chi connectivity index (χ4v) is 2.77. The lowest BCUT2D eigenvalue weighted by Crippen LogP contribution is -2.25. The summed E-state index contributed by atoms with van der Waals surface area (Å²) in [7, 11) is 1.85. The Kier molecular flexibility index (Phi) is 5.02. The van der Waals surface area contributed by atoms with Gasteiger partial charge in [0.2, 0.25) is 0 Å². The summed E-state index contributed by atoms with van der Waals surface area (Å²) in [4.78, 5) is 0. The highest BCUT2D eigenvalue weighted by Gasteiger charge is 2.20. The molecule has 0 fully saturated rings. The van der Waals surface area contributed by atoms with Gasteiger partial charge < -0.3 is 5.32 Å². The van der Waals surface area contributed by atoms with Crippen molar-refractivity contribution >= 4 is 23.2 Å². The largest absolute Gasteiger partial charge is 0.309 e. The van der Waals surface area contributed by atoms with Crippen molar-refractivity contribution in [1.29, 1.82) is 0 Å². The van der Waals surface area contributed by atoms with E-state index in [0.717, 1.165) is 17.8 Å². The van der Waals surface area contributed by atoms with Crippen LogP contribution in [0.15, 0.2) is 24.4 Å². The van der Waals surface area contributed by atoms with Gasteiger partial charge in [-0.3, -0.25) is 4.68 Å². The van der Waals surface area contributed by atoms with E-state index in [-0.39, 0.29) is 11.9 Å². The van der Waals surface area contributed by atoms with Crippen molar-refractivity contribution in [3.8, 4) is 0 Å². The Morgan fingerprint density at radius 1 is 1.35 bits per heavy atom. The SMILES string of the molecule is CCNC(Cc1ccc(F)cc1Cl)c1c(Cl)cnn1C. The van der Waals surface area contributed by atoms with Gasteiger partial charge in [0.25, 0.3) is 0 Å². The Hall–Kier alpha value is -1.10. The van der Waals surface area contributed by atoms with E-state index < -0.39 is 0 Å². The molecule has 0 saturated carbocycles. The smallest absolute Gasteiger partial charge is 0.124 e. The zero-order valence-electron chi connectivity index (χ0n) is 11.3. The van der Waals surface area contributed by atoms with Crippen LogP contribution in [-0.2, 0) is 13.5 Å². The lowest BCUT2D eigenvalue weighted by molar-refractivity contribution is 0.507. The van der Waals surface area contributed by atoms with Crippen LogP contribution in [0.3, 0.4) is 0 Å². The first-order valence-corrected chi connectivity index (χ1v) is 7.13. The van der Waals surface area contributed by atoms with Gasteiger partial charge in [0.15, 0.2) is 0 Å². The van der Waals surface area contributed by atoms with Gasteiger partial charge in [-0.2, -0.15) is 5.10 Å². The van der Waals surface area contributed by atoms with Crippen molar-refractivity contribution in [2.24, 2.45) is 7.05 Å². The number of rotatable bonds is 5. The Labute approximate surface area is 127 Å². The minimum Gasteiger partial charge on any atom is -0.309 e. The molecule has 1 aromatic carbocycles. The number of nitrogens with zero attached hydrogens (tertiary/aromatic N) is 2. The summed E-state index contributed by atoms with van der Waals surface area (Å²) in [5.74, 6) is -0.336. The fraction of sp³-hybridized carbons (Fsp3) is 0.357. The van der Waals surface area contributed by atoms with Gasteiger partial charge in [-0.05, 0) is 30.7 Å². The summed E-state index contributed by atoms with van der Waals surface area (Å²) in [5, 5.41) is 8.54. The van der Waals surface area contributed by atoms with E-state index in [1.54, 1.807) is 16.9 Å². The molecule has 2 aromatic rings. The highest BCUT2D eigenvalue weighted by atomic mass is 35.5. The van der Waals surface area contributed by atoms with Crippen LogP contribution in [0.1, 0.15) is 24.2 Å². The van der Waals surface area contributed by atoms with E-state index in [0.29, 0.717) is 16.5 Å². The average molecular weight is 316 g/mol. The third-order valence-corrected chi connectivity index (χ3v) is 3.80. The summed E-state index contributed by atoms with van der Waals surface area (Å²) >= 11 is 12.3. The van der Waals surface area contributed by atoms with Crippen LogP contribution in [0.25, 0.3) is 0 Å². The molecular formula is C14H16Cl2FN3. The first-order chi connectivity index (χ1) is 9.52. The van der Waals surface area contributed by atoms with Crippen molar-refractivity contribution < 1.29 is 4.39 Å². The molecule has 6 heteroatoms. The summed E-state index contributed by atoms with van der Waals surface area (Å²) in [6.45, 7) is 2.80. The molecule has 108 valence electrons. The van der Waals surface area contributed by atoms with Gasteiger partial charge >= 0.3 is 0 Å². The number of nitrogens with one attached hydrogen (secondary N) is 1. The predicted molar refractivity (Wildman–Crippen MR) is 79.7 cm³/mol. The normalized spacial score (nSPS) is 12.7. The number of aromatic nitrogens is 2. The Bertz CT molecular complexity index is 579. The molecule has 1 aromatic heterocycles. The van der Waals surface area contributed by atoms with Crippen molar-refractivity contribution in [2.45, 2.75) is 19.4 Å². The van der Waals surface area contributed by atoms with Crippen LogP contribution in [-0.4, -0.2) is 16.3 Å². The van der Waals surface area contributed by atoms with Crippen LogP contribution < -0.4 is 5.32 Å². The number of halogens is 3. The van der Waals surface area contributed by atoms with Crippen LogP contribution in [0.5, 0.6) is 0 Å². The van der Waals surface area contributed by atoms with E-state index in [1.165, 1.54) is 12.1 Å². The zero-order valence-corrected chi connectivity index (χ0v) is 12.8. The standard InChI is InChI=1S/C14H16Cl2FN3/c1-3-18-13(14-12(16)8-19-20(14)2)6-9-4-5-10(17)7-11(9)15/h4-5,7-8,13,18H,3,6H2,1-2H3. The van der Waals surface area contributed by atoms with Crippen molar-refractivity contribution in [3.05, 3.63) is 51.5 Å². The Morgan fingerprint density at radius 3 is 2.65 bits per heavy atom. The minimum atomic E-state index is -0.336. The van der Waals surface area contributed by atoms with Crippen LogP contribution >= 0.6 is 23.2 Å². The van der Waals surface area contributed by atoms with Crippen molar-refractivity contribution in [3.63, 3.8) is 0 Å². The molecule has 0 aliphatic heterocycles. The Balaban J connectivity index is 2.30. The molecule has 2 rings (SSSR count). The van der Waals surface area contributed by atoms with Crippen LogP contribution in [0.4, 0.5) is 4.39 Å². The lowest BCUT2D eigenvalue weighted by atomic mass is 10.0.